The molecule has 1 aliphatic heterocycles. The lowest BCUT2D eigenvalue weighted by Gasteiger charge is -2.23. The van der Waals surface area contributed by atoms with E-state index in [0.29, 0.717) is 0 Å². The highest BCUT2D eigenvalue weighted by atomic mass is 16.7. The Labute approximate surface area is 200 Å². The van der Waals surface area contributed by atoms with Crippen LogP contribution in [0.1, 0.15) is 57.0 Å². The summed E-state index contributed by atoms with van der Waals surface area (Å²) in [7, 11) is 0. The van der Waals surface area contributed by atoms with Crippen molar-refractivity contribution in [3.63, 3.8) is 0 Å². The van der Waals surface area contributed by atoms with E-state index in [2.05, 4.69) is 22.2 Å². The van der Waals surface area contributed by atoms with Crippen LogP contribution in [0, 0.1) is 11.8 Å². The van der Waals surface area contributed by atoms with Gasteiger partial charge >= 0.3 is 29.8 Å². The summed E-state index contributed by atoms with van der Waals surface area (Å²) in [6.45, 7) is 6.31. The average molecular weight is 495 g/mol. The van der Waals surface area contributed by atoms with Crippen molar-refractivity contribution >= 4 is 29.8 Å². The smallest absolute Gasteiger partial charge is 0.384 e. The van der Waals surface area contributed by atoms with Crippen molar-refractivity contribution < 1.29 is 52.4 Å². The number of ether oxygens (including phenoxy) is 6. The van der Waals surface area contributed by atoms with Gasteiger partial charge in [-0.15, -0.1) is 5.10 Å². The van der Waals surface area contributed by atoms with Crippen molar-refractivity contribution in [3.8, 4) is 11.8 Å². The molecule has 4 atom stereocenters. The molecule has 190 valence electrons. The van der Waals surface area contributed by atoms with Crippen molar-refractivity contribution in [2.75, 3.05) is 19.8 Å². The highest BCUT2D eigenvalue weighted by Gasteiger charge is 2.52. The Morgan fingerprint density at radius 1 is 0.914 bits per heavy atom. The fourth-order valence-corrected chi connectivity index (χ4v) is 3.09. The van der Waals surface area contributed by atoms with E-state index in [1.165, 1.54) is 6.92 Å². The minimum absolute atomic E-state index is 0.0193. The molecule has 2 heterocycles. The molecule has 0 spiro atoms. The summed E-state index contributed by atoms with van der Waals surface area (Å²) in [5, 5.41) is 7.65. The van der Waals surface area contributed by atoms with Gasteiger partial charge in [0.05, 0.1) is 13.2 Å². The third kappa shape index (κ3) is 7.24. The lowest BCUT2D eigenvalue weighted by Crippen LogP contribution is -2.40. The maximum absolute atomic E-state index is 12.4. The van der Waals surface area contributed by atoms with Gasteiger partial charge in [0.2, 0.25) is 5.69 Å². The molecular weight excluding hydrogens is 470 g/mol. The van der Waals surface area contributed by atoms with Crippen LogP contribution >= 0.6 is 0 Å². The quantitative estimate of drug-likeness (QED) is 0.261. The maximum atomic E-state index is 12.4. The van der Waals surface area contributed by atoms with Crippen LogP contribution < -0.4 is 0 Å². The fourth-order valence-electron chi connectivity index (χ4n) is 3.09. The molecule has 0 unspecified atom stereocenters. The molecule has 1 fully saturated rings. The molecule has 2 rings (SSSR count). The summed E-state index contributed by atoms with van der Waals surface area (Å²) in [4.78, 5) is 59.1. The standard InChI is InChI=1S/C21H25N3O11/c1-6-30-16(28)9-8-14-17(21(29)31-7-2)22-23-24(14)20-19(34-13(5)27)18(33-12(4)26)15(35-20)10-32-11(3)25/h15,18-20H,6-7,10H2,1-5H3/t15-,18-,19-,20-/m0/s1. The van der Waals surface area contributed by atoms with E-state index in [9.17, 15) is 24.0 Å². The van der Waals surface area contributed by atoms with E-state index in [0.717, 1.165) is 18.5 Å². The first kappa shape index (κ1) is 27.3. The monoisotopic (exact) mass is 495 g/mol. The van der Waals surface area contributed by atoms with Gasteiger partial charge in [-0.2, -0.15) is 0 Å². The van der Waals surface area contributed by atoms with Crippen LogP contribution in [-0.4, -0.2) is 83.0 Å². The van der Waals surface area contributed by atoms with Crippen LogP contribution in [0.3, 0.4) is 0 Å². The molecule has 0 radical (unpaired) electrons. The zero-order valence-electron chi connectivity index (χ0n) is 19.8. The van der Waals surface area contributed by atoms with E-state index >= 15 is 0 Å². The number of hydrogen-bond acceptors (Lipinski definition) is 13. The second kappa shape index (κ2) is 12.5. The van der Waals surface area contributed by atoms with Gasteiger partial charge in [0.15, 0.2) is 18.4 Å². The van der Waals surface area contributed by atoms with Gasteiger partial charge in [0.1, 0.15) is 18.4 Å². The first-order valence-electron chi connectivity index (χ1n) is 10.5. The normalized spacial score (nSPS) is 20.7. The Hall–Kier alpha value is -3.99. The molecule has 1 saturated heterocycles. The highest BCUT2D eigenvalue weighted by Crippen LogP contribution is 2.35. The van der Waals surface area contributed by atoms with E-state index in [1.807, 2.05) is 0 Å². The molecule has 0 saturated carbocycles. The van der Waals surface area contributed by atoms with Gasteiger partial charge in [-0.25, -0.2) is 14.3 Å². The molecule has 0 amide bonds. The molecular formula is C21H25N3O11. The Morgan fingerprint density at radius 2 is 1.54 bits per heavy atom. The van der Waals surface area contributed by atoms with Gasteiger partial charge in [-0.05, 0) is 19.8 Å². The third-order valence-electron chi connectivity index (χ3n) is 4.30. The first-order valence-corrected chi connectivity index (χ1v) is 10.5. The second-order valence-electron chi connectivity index (χ2n) is 6.94. The predicted octanol–water partition coefficient (Wildman–Crippen LogP) is -0.307. The lowest BCUT2D eigenvalue weighted by molar-refractivity contribution is -0.166. The Balaban J connectivity index is 2.58. The average Bonchev–Trinajstić information content (AvgIpc) is 3.32. The molecule has 0 aromatic carbocycles. The van der Waals surface area contributed by atoms with Crippen LogP contribution in [0.4, 0.5) is 0 Å². The van der Waals surface area contributed by atoms with Crippen molar-refractivity contribution in [2.45, 2.75) is 59.2 Å². The zero-order valence-corrected chi connectivity index (χ0v) is 19.8. The highest BCUT2D eigenvalue weighted by molar-refractivity contribution is 5.92. The predicted molar refractivity (Wildman–Crippen MR) is 111 cm³/mol. The number of rotatable bonds is 8. The van der Waals surface area contributed by atoms with Gasteiger partial charge in [0.25, 0.3) is 0 Å². The van der Waals surface area contributed by atoms with E-state index in [-0.39, 0.29) is 31.2 Å². The summed E-state index contributed by atoms with van der Waals surface area (Å²) in [5.74, 6) is 0.778. The minimum Gasteiger partial charge on any atom is -0.463 e. The van der Waals surface area contributed by atoms with Crippen LogP contribution in [0.15, 0.2) is 0 Å². The second-order valence-corrected chi connectivity index (χ2v) is 6.94. The number of esters is 5. The summed E-state index contributed by atoms with van der Waals surface area (Å²) < 4.78 is 32.2. The number of aromatic nitrogens is 3. The number of carbonyl (C=O) groups is 5. The van der Waals surface area contributed by atoms with E-state index in [1.54, 1.807) is 13.8 Å². The molecule has 0 bridgehead atoms. The van der Waals surface area contributed by atoms with Crippen molar-refractivity contribution in [1.82, 2.24) is 15.0 Å². The fraction of sp³-hybridized carbons (Fsp3) is 0.571. The molecule has 14 nitrogen and oxygen atoms in total. The van der Waals surface area contributed by atoms with Crippen LogP contribution in [0.25, 0.3) is 0 Å². The molecule has 1 aliphatic rings. The zero-order chi connectivity index (χ0) is 26.1. The first-order chi connectivity index (χ1) is 16.6. The number of carbonyl (C=O) groups excluding carboxylic acids is 5. The molecule has 35 heavy (non-hydrogen) atoms. The minimum atomic E-state index is -1.34. The number of nitrogens with zero attached hydrogens (tertiary/aromatic N) is 3. The summed E-state index contributed by atoms with van der Waals surface area (Å²) >= 11 is 0. The van der Waals surface area contributed by atoms with Crippen LogP contribution in [0.2, 0.25) is 0 Å². The van der Waals surface area contributed by atoms with Gasteiger partial charge < -0.3 is 28.4 Å². The number of hydrogen-bond donors (Lipinski definition) is 0. The third-order valence-corrected chi connectivity index (χ3v) is 4.30. The van der Waals surface area contributed by atoms with Crippen LogP contribution in [0.5, 0.6) is 0 Å². The largest absolute Gasteiger partial charge is 0.463 e. The molecule has 1 aromatic heterocycles. The van der Waals surface area contributed by atoms with Crippen molar-refractivity contribution in [3.05, 3.63) is 11.4 Å². The Kier molecular flexibility index (Phi) is 9.71. The van der Waals surface area contributed by atoms with Crippen molar-refractivity contribution in [2.24, 2.45) is 0 Å². The summed E-state index contributed by atoms with van der Waals surface area (Å²) in [6, 6.07) is 0. The summed E-state index contributed by atoms with van der Waals surface area (Å²) in [6.07, 6.45) is -4.96. The Bertz CT molecular complexity index is 1040. The van der Waals surface area contributed by atoms with E-state index < -0.39 is 54.4 Å². The molecule has 14 heteroatoms. The molecule has 0 N–H and O–H groups in total. The van der Waals surface area contributed by atoms with Crippen LogP contribution in [-0.2, 0) is 47.6 Å². The lowest BCUT2D eigenvalue weighted by atomic mass is 10.1. The SMILES string of the molecule is CCOC(=O)C#Cc1c(C(=O)OCC)nnn1[C@H]1O[C@@H](COC(C)=O)[C@H](OC(C)=O)[C@@H]1OC(C)=O. The topological polar surface area (TPSA) is 171 Å². The maximum Gasteiger partial charge on any atom is 0.384 e. The molecule has 1 aromatic rings. The summed E-state index contributed by atoms with van der Waals surface area (Å²) in [5.41, 5.74) is -0.560. The Morgan fingerprint density at radius 3 is 2.11 bits per heavy atom. The van der Waals surface area contributed by atoms with E-state index in [4.69, 9.17) is 28.4 Å². The molecule has 0 aliphatic carbocycles. The van der Waals surface area contributed by atoms with Gasteiger partial charge in [-0.3, -0.25) is 14.4 Å². The van der Waals surface area contributed by atoms with Gasteiger partial charge in [0, 0.05) is 26.7 Å². The van der Waals surface area contributed by atoms with Crippen molar-refractivity contribution in [1.29, 1.82) is 0 Å². The van der Waals surface area contributed by atoms with Gasteiger partial charge in [-0.1, -0.05) is 5.21 Å².